The maximum atomic E-state index is 12.7. The van der Waals surface area contributed by atoms with Crippen LogP contribution in [0.2, 0.25) is 0 Å². The molecule has 2 aromatic carbocycles. The predicted octanol–water partition coefficient (Wildman–Crippen LogP) is 5.37. The second-order valence-electron chi connectivity index (χ2n) is 6.51. The minimum atomic E-state index is -4.31. The highest BCUT2D eigenvalue weighted by Gasteiger charge is 2.30. The van der Waals surface area contributed by atoms with Crippen molar-refractivity contribution in [2.24, 2.45) is 0 Å². The van der Waals surface area contributed by atoms with Crippen molar-refractivity contribution >= 4 is 16.6 Å². The first-order valence-corrected chi connectivity index (χ1v) is 8.42. The number of nitrogens with zero attached hydrogens (tertiary/aromatic N) is 1. The number of hydrogen-bond acceptors (Lipinski definition) is 1. The van der Waals surface area contributed by atoms with Crippen LogP contribution in [0.5, 0.6) is 0 Å². The van der Waals surface area contributed by atoms with Crippen LogP contribution in [0.25, 0.3) is 10.9 Å². The van der Waals surface area contributed by atoms with E-state index >= 15 is 0 Å². The Morgan fingerprint density at radius 2 is 1.80 bits per heavy atom. The minimum absolute atomic E-state index is 0.474. The third kappa shape index (κ3) is 3.11. The monoisotopic (exact) mass is 343 g/mol. The van der Waals surface area contributed by atoms with E-state index in [2.05, 4.69) is 34.3 Å². The highest BCUT2D eigenvalue weighted by Crippen LogP contribution is 2.35. The summed E-state index contributed by atoms with van der Waals surface area (Å²) in [5.74, 6) is 0.474. The van der Waals surface area contributed by atoms with E-state index < -0.39 is 11.7 Å². The summed E-state index contributed by atoms with van der Waals surface area (Å²) in [5, 5.41) is 1.27. The van der Waals surface area contributed by atoms with Gasteiger partial charge in [-0.05, 0) is 48.6 Å². The molecule has 0 atom stereocenters. The maximum Gasteiger partial charge on any atom is 0.416 e. The summed E-state index contributed by atoms with van der Waals surface area (Å²) >= 11 is 0. The number of aromatic amines is 1. The van der Waals surface area contributed by atoms with Gasteiger partial charge in [0.25, 0.3) is 0 Å². The van der Waals surface area contributed by atoms with E-state index in [1.54, 1.807) is 0 Å². The summed E-state index contributed by atoms with van der Waals surface area (Å²) < 4.78 is 38.0. The first kappa shape index (κ1) is 16.1. The molecule has 1 saturated heterocycles. The molecule has 1 N–H and O–H groups in total. The van der Waals surface area contributed by atoms with E-state index in [1.165, 1.54) is 17.0 Å². The van der Waals surface area contributed by atoms with E-state index in [0.717, 1.165) is 49.3 Å². The minimum Gasteiger partial charge on any atom is -0.371 e. The molecule has 0 unspecified atom stereocenters. The number of aromatic nitrogens is 1. The first-order chi connectivity index (χ1) is 12.0. The highest BCUT2D eigenvalue weighted by atomic mass is 19.4. The molecule has 0 saturated carbocycles. The number of piperidine rings is 1. The molecule has 2 nitrogen and oxygen atoms in total. The topological polar surface area (TPSA) is 19.0 Å². The van der Waals surface area contributed by atoms with Crippen LogP contribution in [-0.2, 0) is 6.18 Å². The zero-order valence-electron chi connectivity index (χ0n) is 13.6. The molecule has 2 heterocycles. The van der Waals surface area contributed by atoms with Gasteiger partial charge in [-0.15, -0.1) is 0 Å². The maximum absolute atomic E-state index is 12.7. The van der Waals surface area contributed by atoms with Crippen LogP contribution in [0.4, 0.5) is 18.9 Å². The molecule has 1 aromatic heterocycles. The van der Waals surface area contributed by atoms with Gasteiger partial charge in [0.1, 0.15) is 0 Å². The SMILES string of the molecule is FC(F)(F)c1c[c]c(N2CCC(c3c[nH]c4ccccc34)CC2)cc1. The highest BCUT2D eigenvalue weighted by molar-refractivity contribution is 5.83. The van der Waals surface area contributed by atoms with Crippen molar-refractivity contribution in [3.63, 3.8) is 0 Å². The molecule has 0 aliphatic carbocycles. The Labute approximate surface area is 144 Å². The Balaban J connectivity index is 1.46. The van der Waals surface area contributed by atoms with Crippen molar-refractivity contribution in [1.29, 1.82) is 0 Å². The molecule has 1 radical (unpaired) electrons. The summed E-state index contributed by atoms with van der Waals surface area (Å²) in [6.07, 6.45) is -0.250. The normalized spacial score (nSPS) is 16.5. The number of fused-ring (bicyclic) bond motifs is 1. The second-order valence-corrected chi connectivity index (χ2v) is 6.51. The molecule has 1 aliphatic rings. The number of para-hydroxylation sites is 1. The molecular weight excluding hydrogens is 325 g/mol. The van der Waals surface area contributed by atoms with Gasteiger partial charge in [-0.3, -0.25) is 0 Å². The van der Waals surface area contributed by atoms with Crippen LogP contribution in [-0.4, -0.2) is 18.1 Å². The van der Waals surface area contributed by atoms with Crippen LogP contribution in [0.3, 0.4) is 0 Å². The van der Waals surface area contributed by atoms with Gasteiger partial charge < -0.3 is 9.88 Å². The Hall–Kier alpha value is -2.43. The van der Waals surface area contributed by atoms with Gasteiger partial charge in [-0.2, -0.15) is 13.2 Å². The van der Waals surface area contributed by atoms with Crippen molar-refractivity contribution in [3.8, 4) is 0 Å². The third-order valence-electron chi connectivity index (χ3n) is 5.02. The van der Waals surface area contributed by atoms with E-state index in [9.17, 15) is 13.2 Å². The van der Waals surface area contributed by atoms with Gasteiger partial charge in [-0.25, -0.2) is 0 Å². The summed E-state index contributed by atoms with van der Waals surface area (Å²) in [6.45, 7) is 1.65. The van der Waals surface area contributed by atoms with Gasteiger partial charge in [0.2, 0.25) is 0 Å². The lowest BCUT2D eigenvalue weighted by Gasteiger charge is -2.33. The van der Waals surface area contributed by atoms with Gasteiger partial charge in [0.05, 0.1) is 5.56 Å². The average Bonchev–Trinajstić information content (AvgIpc) is 3.05. The zero-order valence-corrected chi connectivity index (χ0v) is 13.6. The molecule has 1 fully saturated rings. The molecular formula is C20H18F3N2. The first-order valence-electron chi connectivity index (χ1n) is 8.42. The van der Waals surface area contributed by atoms with E-state index in [0.29, 0.717) is 5.92 Å². The fraction of sp³-hybridized carbons (Fsp3) is 0.300. The summed E-state index contributed by atoms with van der Waals surface area (Å²) in [4.78, 5) is 5.44. The fourth-order valence-corrected chi connectivity index (χ4v) is 3.65. The molecule has 3 aromatic rings. The van der Waals surface area contributed by atoms with Crippen LogP contribution in [0.15, 0.2) is 48.7 Å². The van der Waals surface area contributed by atoms with E-state index in [1.807, 2.05) is 12.1 Å². The van der Waals surface area contributed by atoms with Crippen LogP contribution in [0.1, 0.15) is 29.9 Å². The average molecular weight is 343 g/mol. The van der Waals surface area contributed by atoms with Crippen molar-refractivity contribution in [3.05, 3.63) is 65.9 Å². The smallest absolute Gasteiger partial charge is 0.371 e. The van der Waals surface area contributed by atoms with Gasteiger partial charge >= 0.3 is 6.18 Å². The van der Waals surface area contributed by atoms with Gasteiger partial charge in [-0.1, -0.05) is 18.2 Å². The van der Waals surface area contributed by atoms with Gasteiger partial charge in [0.15, 0.2) is 0 Å². The molecule has 129 valence electrons. The van der Waals surface area contributed by atoms with Crippen molar-refractivity contribution < 1.29 is 13.2 Å². The van der Waals surface area contributed by atoms with Crippen LogP contribution in [0, 0.1) is 6.07 Å². The van der Waals surface area contributed by atoms with Crippen LogP contribution < -0.4 is 4.90 Å². The van der Waals surface area contributed by atoms with Crippen molar-refractivity contribution in [1.82, 2.24) is 4.98 Å². The Kier molecular flexibility index (Phi) is 3.94. The number of benzene rings is 2. The van der Waals surface area contributed by atoms with E-state index in [4.69, 9.17) is 0 Å². The standard InChI is InChI=1S/C20H18F3N2/c21-20(22,23)15-5-7-16(8-6-15)25-11-9-14(10-12-25)18-13-24-19-4-2-1-3-17(18)19/h1-7,13-14,24H,9-12H2. The third-order valence-corrected chi connectivity index (χ3v) is 5.02. The Bertz CT molecular complexity index is 857. The molecule has 0 bridgehead atoms. The number of anilines is 1. The lowest BCUT2D eigenvalue weighted by molar-refractivity contribution is -0.137. The Morgan fingerprint density at radius 3 is 2.48 bits per heavy atom. The lowest BCUT2D eigenvalue weighted by Crippen LogP contribution is -2.32. The molecule has 0 amide bonds. The van der Waals surface area contributed by atoms with Gasteiger partial charge in [0, 0.05) is 41.9 Å². The summed E-state index contributed by atoms with van der Waals surface area (Å²) in [5.41, 5.74) is 2.58. The summed E-state index contributed by atoms with van der Waals surface area (Å²) in [6, 6.07) is 14.8. The fourth-order valence-electron chi connectivity index (χ4n) is 3.65. The Morgan fingerprint density at radius 1 is 1.04 bits per heavy atom. The largest absolute Gasteiger partial charge is 0.416 e. The quantitative estimate of drug-likeness (QED) is 0.663. The molecule has 5 heteroatoms. The number of halogens is 3. The lowest BCUT2D eigenvalue weighted by atomic mass is 9.89. The number of hydrogen-bond donors (Lipinski definition) is 1. The van der Waals surface area contributed by atoms with E-state index in [-0.39, 0.29) is 0 Å². The summed E-state index contributed by atoms with van der Waals surface area (Å²) in [7, 11) is 0. The number of H-pyrrole nitrogens is 1. The number of nitrogens with one attached hydrogen (secondary N) is 1. The molecule has 1 aliphatic heterocycles. The zero-order chi connectivity index (χ0) is 17.4. The van der Waals surface area contributed by atoms with Crippen molar-refractivity contribution in [2.75, 3.05) is 18.0 Å². The predicted molar refractivity (Wildman–Crippen MR) is 92.8 cm³/mol. The van der Waals surface area contributed by atoms with Crippen LogP contribution >= 0.6 is 0 Å². The number of alkyl halides is 3. The number of rotatable bonds is 2. The molecule has 4 rings (SSSR count). The second kappa shape index (κ2) is 6.14. The molecule has 25 heavy (non-hydrogen) atoms. The van der Waals surface area contributed by atoms with Crippen molar-refractivity contribution in [2.45, 2.75) is 24.9 Å². The molecule has 0 spiro atoms.